The zero-order valence-electron chi connectivity index (χ0n) is 12.4. The lowest BCUT2D eigenvalue weighted by atomic mass is 10.2. The molecular weight excluding hydrogens is 282 g/mol. The summed E-state index contributed by atoms with van der Waals surface area (Å²) in [5.74, 6) is 1.66. The maximum absolute atomic E-state index is 11.3. The molecule has 0 aliphatic carbocycles. The molecule has 3 nitrogen and oxygen atoms in total. The standard InChI is InChI=1S/C17H21NO2S/c1-14(21(2)19)12-18-13-15-7-6-10-17(11-15)20-16-8-4-3-5-9-16/h3-11,14,18H,12-13H2,1-2H3. The third kappa shape index (κ3) is 5.33. The van der Waals surface area contributed by atoms with Crippen molar-refractivity contribution in [2.75, 3.05) is 12.8 Å². The molecule has 0 spiro atoms. The summed E-state index contributed by atoms with van der Waals surface area (Å²) in [5.41, 5.74) is 1.15. The van der Waals surface area contributed by atoms with Crippen LogP contribution in [0.5, 0.6) is 11.5 Å². The average Bonchev–Trinajstić information content (AvgIpc) is 2.48. The molecule has 112 valence electrons. The van der Waals surface area contributed by atoms with E-state index in [9.17, 15) is 4.21 Å². The number of para-hydroxylation sites is 1. The molecule has 0 aliphatic heterocycles. The number of rotatable bonds is 7. The van der Waals surface area contributed by atoms with Crippen LogP contribution in [0.4, 0.5) is 0 Å². The van der Waals surface area contributed by atoms with E-state index in [1.165, 1.54) is 0 Å². The smallest absolute Gasteiger partial charge is 0.127 e. The minimum absolute atomic E-state index is 0.161. The van der Waals surface area contributed by atoms with Crippen molar-refractivity contribution in [1.82, 2.24) is 5.32 Å². The van der Waals surface area contributed by atoms with Gasteiger partial charge >= 0.3 is 0 Å². The van der Waals surface area contributed by atoms with Crippen molar-refractivity contribution in [3.63, 3.8) is 0 Å². The van der Waals surface area contributed by atoms with Crippen LogP contribution in [0.15, 0.2) is 54.6 Å². The van der Waals surface area contributed by atoms with Crippen molar-refractivity contribution in [2.24, 2.45) is 0 Å². The van der Waals surface area contributed by atoms with E-state index in [1.54, 1.807) is 6.26 Å². The van der Waals surface area contributed by atoms with Crippen LogP contribution in [0, 0.1) is 0 Å². The molecule has 0 fully saturated rings. The first-order valence-corrected chi connectivity index (χ1v) is 8.62. The Kier molecular flexibility index (Phi) is 5.96. The van der Waals surface area contributed by atoms with Gasteiger partial charge in [0.15, 0.2) is 0 Å². The van der Waals surface area contributed by atoms with E-state index < -0.39 is 10.8 Å². The van der Waals surface area contributed by atoms with Crippen molar-refractivity contribution >= 4 is 10.8 Å². The molecule has 0 radical (unpaired) electrons. The number of hydrogen-bond donors (Lipinski definition) is 1. The lowest BCUT2D eigenvalue weighted by Crippen LogP contribution is -2.27. The molecule has 2 aromatic carbocycles. The van der Waals surface area contributed by atoms with Crippen molar-refractivity contribution in [3.8, 4) is 11.5 Å². The van der Waals surface area contributed by atoms with Gasteiger partial charge in [0.25, 0.3) is 0 Å². The maximum atomic E-state index is 11.3. The Morgan fingerprint density at radius 2 is 1.81 bits per heavy atom. The second-order valence-electron chi connectivity index (χ2n) is 5.00. The summed E-state index contributed by atoms with van der Waals surface area (Å²) in [6.07, 6.45) is 1.74. The van der Waals surface area contributed by atoms with Crippen LogP contribution >= 0.6 is 0 Å². The Balaban J connectivity index is 1.90. The predicted octanol–water partition coefficient (Wildman–Crippen LogP) is 3.34. The highest BCUT2D eigenvalue weighted by molar-refractivity contribution is 7.84. The van der Waals surface area contributed by atoms with Gasteiger partial charge in [-0.15, -0.1) is 0 Å². The molecule has 2 atom stereocenters. The number of hydrogen-bond acceptors (Lipinski definition) is 3. The molecule has 21 heavy (non-hydrogen) atoms. The summed E-state index contributed by atoms with van der Waals surface area (Å²) in [5, 5.41) is 3.49. The van der Waals surface area contributed by atoms with Gasteiger partial charge in [-0.3, -0.25) is 4.21 Å². The summed E-state index contributed by atoms with van der Waals surface area (Å²) < 4.78 is 17.1. The van der Waals surface area contributed by atoms with Crippen LogP contribution in [0.25, 0.3) is 0 Å². The summed E-state index contributed by atoms with van der Waals surface area (Å²) in [4.78, 5) is 0. The third-order valence-corrected chi connectivity index (χ3v) is 4.50. The summed E-state index contributed by atoms with van der Waals surface area (Å²) in [7, 11) is -0.786. The van der Waals surface area contributed by atoms with Crippen LogP contribution < -0.4 is 10.1 Å². The third-order valence-electron chi connectivity index (χ3n) is 3.20. The fraction of sp³-hybridized carbons (Fsp3) is 0.294. The van der Waals surface area contributed by atoms with Gasteiger partial charge < -0.3 is 10.1 Å². The molecule has 0 saturated heterocycles. The maximum Gasteiger partial charge on any atom is 0.127 e. The molecule has 2 aromatic rings. The Morgan fingerprint density at radius 3 is 2.52 bits per heavy atom. The van der Waals surface area contributed by atoms with Crippen LogP contribution in [0.2, 0.25) is 0 Å². The van der Waals surface area contributed by atoms with Crippen molar-refractivity contribution in [3.05, 3.63) is 60.2 Å². The second kappa shape index (κ2) is 7.96. The van der Waals surface area contributed by atoms with Gasteiger partial charge in [-0.1, -0.05) is 30.3 Å². The molecule has 2 rings (SSSR count). The zero-order valence-corrected chi connectivity index (χ0v) is 13.2. The fourth-order valence-electron chi connectivity index (χ4n) is 1.88. The highest BCUT2D eigenvalue weighted by Gasteiger charge is 2.05. The predicted molar refractivity (Wildman–Crippen MR) is 88.2 cm³/mol. The van der Waals surface area contributed by atoms with E-state index in [0.29, 0.717) is 0 Å². The lowest BCUT2D eigenvalue weighted by Gasteiger charge is -2.11. The van der Waals surface area contributed by atoms with Crippen LogP contribution in [0.1, 0.15) is 12.5 Å². The zero-order chi connectivity index (χ0) is 15.1. The SMILES string of the molecule is CC(CNCc1cccc(Oc2ccccc2)c1)S(C)=O. The summed E-state index contributed by atoms with van der Waals surface area (Å²) >= 11 is 0. The Morgan fingerprint density at radius 1 is 1.10 bits per heavy atom. The van der Waals surface area contributed by atoms with Gasteiger partial charge in [0, 0.05) is 35.4 Å². The molecule has 0 bridgehead atoms. The lowest BCUT2D eigenvalue weighted by molar-refractivity contribution is 0.481. The quantitative estimate of drug-likeness (QED) is 0.852. The van der Waals surface area contributed by atoms with E-state index in [0.717, 1.165) is 30.2 Å². The monoisotopic (exact) mass is 303 g/mol. The summed E-state index contributed by atoms with van der Waals surface area (Å²) in [6, 6.07) is 17.7. The van der Waals surface area contributed by atoms with Crippen LogP contribution in [-0.4, -0.2) is 22.3 Å². The van der Waals surface area contributed by atoms with Gasteiger partial charge in [-0.25, -0.2) is 0 Å². The minimum Gasteiger partial charge on any atom is -0.457 e. The first kappa shape index (κ1) is 15.7. The van der Waals surface area contributed by atoms with Gasteiger partial charge in [-0.2, -0.15) is 0 Å². The molecule has 0 amide bonds. The Bertz CT molecular complexity index is 586. The average molecular weight is 303 g/mol. The Labute approximate surface area is 128 Å². The van der Waals surface area contributed by atoms with E-state index in [-0.39, 0.29) is 5.25 Å². The van der Waals surface area contributed by atoms with Crippen molar-refractivity contribution < 1.29 is 8.95 Å². The largest absolute Gasteiger partial charge is 0.457 e. The number of benzene rings is 2. The second-order valence-corrected chi connectivity index (χ2v) is 6.80. The number of nitrogens with one attached hydrogen (secondary N) is 1. The van der Waals surface area contributed by atoms with E-state index in [1.807, 2.05) is 55.5 Å². The highest BCUT2D eigenvalue weighted by Crippen LogP contribution is 2.21. The van der Waals surface area contributed by atoms with Gasteiger partial charge in [0.2, 0.25) is 0 Å². The van der Waals surface area contributed by atoms with Crippen molar-refractivity contribution in [1.29, 1.82) is 0 Å². The minimum atomic E-state index is -0.786. The Hall–Kier alpha value is -1.65. The molecule has 2 unspecified atom stereocenters. The van der Waals surface area contributed by atoms with Crippen molar-refractivity contribution in [2.45, 2.75) is 18.7 Å². The molecular formula is C17H21NO2S. The normalized spacial score (nSPS) is 13.6. The molecule has 0 saturated carbocycles. The van der Waals surface area contributed by atoms with Gasteiger partial charge in [0.1, 0.15) is 11.5 Å². The molecule has 0 aliphatic rings. The summed E-state index contributed by atoms with van der Waals surface area (Å²) in [6.45, 7) is 3.47. The first-order valence-electron chi connectivity index (χ1n) is 7.00. The van der Waals surface area contributed by atoms with Gasteiger partial charge in [0.05, 0.1) is 0 Å². The highest BCUT2D eigenvalue weighted by atomic mass is 32.2. The van der Waals surface area contributed by atoms with Crippen LogP contribution in [0.3, 0.4) is 0 Å². The molecule has 0 heterocycles. The number of ether oxygens (including phenoxy) is 1. The molecule has 0 aromatic heterocycles. The van der Waals surface area contributed by atoms with E-state index in [4.69, 9.17) is 4.74 Å². The van der Waals surface area contributed by atoms with Crippen LogP contribution in [-0.2, 0) is 17.3 Å². The molecule has 4 heteroatoms. The first-order chi connectivity index (χ1) is 10.1. The van der Waals surface area contributed by atoms with E-state index in [2.05, 4.69) is 11.4 Å². The topological polar surface area (TPSA) is 38.3 Å². The molecule has 1 N–H and O–H groups in total. The fourth-order valence-corrected chi connectivity index (χ4v) is 2.23. The van der Waals surface area contributed by atoms with Gasteiger partial charge in [-0.05, 0) is 36.8 Å². The van der Waals surface area contributed by atoms with E-state index >= 15 is 0 Å².